The molecule has 0 bridgehead atoms. The van der Waals surface area contributed by atoms with E-state index >= 15 is 0 Å². The van der Waals surface area contributed by atoms with Crippen molar-refractivity contribution < 1.29 is 18.7 Å². The van der Waals surface area contributed by atoms with Crippen LogP contribution in [-0.4, -0.2) is 48.6 Å². The predicted octanol–water partition coefficient (Wildman–Crippen LogP) is 4.45. The fourth-order valence-corrected chi connectivity index (χ4v) is 4.12. The number of benzene rings is 2. The maximum atomic E-state index is 13.5. The quantitative estimate of drug-likeness (QED) is 0.674. The molecule has 3 rings (SSSR count). The number of anilines is 1. The van der Waals surface area contributed by atoms with Crippen LogP contribution >= 0.6 is 0 Å². The minimum Gasteiger partial charge on any atom is -0.449 e. The predicted molar refractivity (Wildman–Crippen MR) is 115 cm³/mol. The number of nitrogens with zero attached hydrogens (tertiary/aromatic N) is 2. The number of rotatable bonds is 7. The molecular formula is C24H29FN2O3. The smallest absolute Gasteiger partial charge is 0.415 e. The second-order valence-corrected chi connectivity index (χ2v) is 7.68. The summed E-state index contributed by atoms with van der Waals surface area (Å²) in [6.07, 6.45) is 1.38. The molecule has 0 unspecified atom stereocenters. The molecule has 0 spiro atoms. The molecule has 2 aromatic carbocycles. The molecule has 0 N–H and O–H groups in total. The van der Waals surface area contributed by atoms with Gasteiger partial charge in [0.05, 0.1) is 6.61 Å². The van der Waals surface area contributed by atoms with Crippen LogP contribution in [-0.2, 0) is 16.0 Å². The highest BCUT2D eigenvalue weighted by molar-refractivity contribution is 6.01. The van der Waals surface area contributed by atoms with Gasteiger partial charge in [-0.15, -0.1) is 0 Å². The standard InChI is InChI=1S/C24H29FN2O3/c1-3-30-23(29)27(22-11-9-21(25)10-12-22)24(19(2)28)14-17-26(18-15-24)16-13-20-7-5-4-6-8-20/h4-12H,3,13-18H2,1-2H3. The van der Waals surface area contributed by atoms with Gasteiger partial charge < -0.3 is 9.64 Å². The van der Waals surface area contributed by atoms with Gasteiger partial charge in [-0.1, -0.05) is 30.3 Å². The first kappa shape index (κ1) is 22.0. The zero-order valence-electron chi connectivity index (χ0n) is 17.6. The van der Waals surface area contributed by atoms with Crippen molar-refractivity contribution in [1.29, 1.82) is 0 Å². The van der Waals surface area contributed by atoms with Crippen LogP contribution in [0, 0.1) is 5.82 Å². The average molecular weight is 413 g/mol. The summed E-state index contributed by atoms with van der Waals surface area (Å²) in [6, 6.07) is 15.9. The number of piperidine rings is 1. The maximum absolute atomic E-state index is 13.5. The molecule has 30 heavy (non-hydrogen) atoms. The van der Waals surface area contributed by atoms with Gasteiger partial charge in [0.15, 0.2) is 5.78 Å². The lowest BCUT2D eigenvalue weighted by Gasteiger charge is -2.46. The van der Waals surface area contributed by atoms with Crippen LogP contribution < -0.4 is 4.90 Å². The van der Waals surface area contributed by atoms with E-state index < -0.39 is 17.4 Å². The first-order valence-corrected chi connectivity index (χ1v) is 10.5. The monoisotopic (exact) mass is 412 g/mol. The number of hydrogen-bond donors (Lipinski definition) is 0. The summed E-state index contributed by atoms with van der Waals surface area (Å²) < 4.78 is 18.7. The Morgan fingerprint density at radius 2 is 1.70 bits per heavy atom. The van der Waals surface area contributed by atoms with Crippen molar-refractivity contribution in [1.82, 2.24) is 4.90 Å². The number of Topliss-reactive ketones (excluding diaryl/α,β-unsaturated/α-hetero) is 1. The minimum absolute atomic E-state index is 0.0809. The Kier molecular flexibility index (Phi) is 7.21. The van der Waals surface area contributed by atoms with Gasteiger partial charge in [0, 0.05) is 25.3 Å². The van der Waals surface area contributed by atoms with E-state index in [4.69, 9.17) is 4.74 Å². The number of likely N-dealkylation sites (tertiary alicyclic amines) is 1. The van der Waals surface area contributed by atoms with E-state index in [1.165, 1.54) is 41.7 Å². The Morgan fingerprint density at radius 1 is 1.07 bits per heavy atom. The van der Waals surface area contributed by atoms with Gasteiger partial charge in [0.2, 0.25) is 0 Å². The van der Waals surface area contributed by atoms with Gasteiger partial charge in [-0.05, 0) is 62.9 Å². The van der Waals surface area contributed by atoms with Crippen LogP contribution in [0.25, 0.3) is 0 Å². The molecule has 1 amide bonds. The molecule has 160 valence electrons. The Balaban J connectivity index is 1.78. The van der Waals surface area contributed by atoms with Crippen LogP contribution in [0.2, 0.25) is 0 Å². The topological polar surface area (TPSA) is 49.9 Å². The van der Waals surface area contributed by atoms with Crippen LogP contribution in [0.3, 0.4) is 0 Å². The van der Waals surface area contributed by atoms with Crippen LogP contribution in [0.4, 0.5) is 14.9 Å². The molecule has 0 saturated carbocycles. The molecule has 1 aliphatic rings. The second kappa shape index (κ2) is 9.85. The molecule has 1 heterocycles. The fourth-order valence-electron chi connectivity index (χ4n) is 4.12. The van der Waals surface area contributed by atoms with Crippen LogP contribution in [0.1, 0.15) is 32.3 Å². The van der Waals surface area contributed by atoms with E-state index in [1.807, 2.05) is 18.2 Å². The number of carbonyl (C=O) groups excluding carboxylic acids is 2. The molecule has 2 aromatic rings. The van der Waals surface area contributed by atoms with Crippen molar-refractivity contribution in [3.8, 4) is 0 Å². The van der Waals surface area contributed by atoms with Gasteiger partial charge in [-0.2, -0.15) is 0 Å². The van der Waals surface area contributed by atoms with E-state index in [-0.39, 0.29) is 12.4 Å². The van der Waals surface area contributed by atoms with E-state index in [2.05, 4.69) is 17.0 Å². The maximum Gasteiger partial charge on any atom is 0.415 e. The third-order valence-corrected chi connectivity index (χ3v) is 5.86. The van der Waals surface area contributed by atoms with Gasteiger partial charge in [0.1, 0.15) is 11.4 Å². The highest BCUT2D eigenvalue weighted by Gasteiger charge is 2.47. The summed E-state index contributed by atoms with van der Waals surface area (Å²) in [5, 5.41) is 0. The van der Waals surface area contributed by atoms with Crippen molar-refractivity contribution in [3.63, 3.8) is 0 Å². The largest absolute Gasteiger partial charge is 0.449 e. The van der Waals surface area contributed by atoms with Crippen molar-refractivity contribution in [3.05, 3.63) is 66.0 Å². The van der Waals surface area contributed by atoms with E-state index in [0.29, 0.717) is 31.6 Å². The van der Waals surface area contributed by atoms with Crippen molar-refractivity contribution in [2.75, 3.05) is 31.1 Å². The summed E-state index contributed by atoms with van der Waals surface area (Å²) >= 11 is 0. The Labute approximate surface area is 177 Å². The number of carbonyl (C=O) groups is 2. The average Bonchev–Trinajstić information content (AvgIpc) is 2.75. The van der Waals surface area contributed by atoms with Crippen LogP contribution in [0.15, 0.2) is 54.6 Å². The van der Waals surface area contributed by atoms with Gasteiger partial charge in [-0.25, -0.2) is 9.18 Å². The lowest BCUT2D eigenvalue weighted by atomic mass is 9.81. The third kappa shape index (κ3) is 4.87. The SMILES string of the molecule is CCOC(=O)N(c1ccc(F)cc1)C1(C(C)=O)CCN(CCc2ccccc2)CC1. The molecule has 0 atom stereocenters. The molecule has 0 radical (unpaired) electrons. The molecule has 1 saturated heterocycles. The third-order valence-electron chi connectivity index (χ3n) is 5.86. The zero-order chi connectivity index (χ0) is 21.6. The molecule has 0 aliphatic carbocycles. The summed E-state index contributed by atoms with van der Waals surface area (Å²) in [5.41, 5.74) is 0.760. The van der Waals surface area contributed by atoms with Crippen molar-refractivity contribution in [2.45, 2.75) is 38.6 Å². The Morgan fingerprint density at radius 3 is 2.27 bits per heavy atom. The summed E-state index contributed by atoms with van der Waals surface area (Å²) in [6.45, 7) is 5.75. The molecule has 5 nitrogen and oxygen atoms in total. The molecule has 1 aliphatic heterocycles. The summed E-state index contributed by atoms with van der Waals surface area (Å²) in [4.78, 5) is 29.5. The number of ketones is 1. The van der Waals surface area contributed by atoms with Crippen LogP contribution in [0.5, 0.6) is 0 Å². The van der Waals surface area contributed by atoms with E-state index in [0.717, 1.165) is 13.0 Å². The normalized spacial score (nSPS) is 16.1. The molecule has 6 heteroatoms. The highest BCUT2D eigenvalue weighted by atomic mass is 19.1. The molecule has 1 fully saturated rings. The van der Waals surface area contributed by atoms with Gasteiger partial charge >= 0.3 is 6.09 Å². The summed E-state index contributed by atoms with van der Waals surface area (Å²) in [7, 11) is 0. The summed E-state index contributed by atoms with van der Waals surface area (Å²) in [5.74, 6) is -0.474. The van der Waals surface area contributed by atoms with Gasteiger partial charge in [0.25, 0.3) is 0 Å². The van der Waals surface area contributed by atoms with Gasteiger partial charge in [-0.3, -0.25) is 9.69 Å². The lowest BCUT2D eigenvalue weighted by Crippen LogP contribution is -2.62. The van der Waals surface area contributed by atoms with E-state index in [1.54, 1.807) is 6.92 Å². The second-order valence-electron chi connectivity index (χ2n) is 7.68. The first-order valence-electron chi connectivity index (χ1n) is 10.5. The molecular weight excluding hydrogens is 383 g/mol. The first-order chi connectivity index (χ1) is 14.5. The number of ether oxygens (including phenoxy) is 1. The van der Waals surface area contributed by atoms with E-state index in [9.17, 15) is 14.0 Å². The van der Waals surface area contributed by atoms with Crippen molar-refractivity contribution in [2.24, 2.45) is 0 Å². The minimum atomic E-state index is -0.993. The number of amides is 1. The number of halogens is 1. The lowest BCUT2D eigenvalue weighted by molar-refractivity contribution is -0.123. The highest BCUT2D eigenvalue weighted by Crippen LogP contribution is 2.35. The fraction of sp³-hybridized carbons (Fsp3) is 0.417. The number of hydrogen-bond acceptors (Lipinski definition) is 4. The van der Waals surface area contributed by atoms with Crippen molar-refractivity contribution >= 4 is 17.6 Å². The zero-order valence-corrected chi connectivity index (χ0v) is 17.6. The Hall–Kier alpha value is -2.73. The molecule has 0 aromatic heterocycles. The Bertz CT molecular complexity index is 847.